The number of ether oxygens (including phenoxy) is 2. The smallest absolute Gasteiger partial charge is 0.283 e. The molecular formula is C21H20N4O2. The average Bonchev–Trinajstić information content (AvgIpc) is 3.26. The second kappa shape index (κ2) is 5.46. The molecule has 1 aliphatic carbocycles. The Morgan fingerprint density at radius 3 is 2.93 bits per heavy atom. The number of amidine groups is 1. The van der Waals surface area contributed by atoms with Gasteiger partial charge in [0, 0.05) is 29.4 Å². The molecule has 6 nitrogen and oxygen atoms in total. The molecule has 0 radical (unpaired) electrons. The number of pyridine rings is 1. The van der Waals surface area contributed by atoms with E-state index >= 15 is 0 Å². The van der Waals surface area contributed by atoms with E-state index in [0.717, 1.165) is 41.7 Å². The number of nitrogens with zero attached hydrogens (tertiary/aromatic N) is 3. The molecule has 3 heterocycles. The van der Waals surface area contributed by atoms with E-state index in [1.807, 2.05) is 18.2 Å². The maximum absolute atomic E-state index is 9.17. The topological polar surface area (TPSA) is 93.5 Å². The van der Waals surface area contributed by atoms with Crippen molar-refractivity contribution in [2.75, 3.05) is 6.61 Å². The van der Waals surface area contributed by atoms with E-state index in [1.54, 1.807) is 12.4 Å². The fraction of sp³-hybridized carbons (Fsp3) is 0.381. The highest BCUT2D eigenvalue weighted by Crippen LogP contribution is 2.58. The molecule has 136 valence electrons. The van der Waals surface area contributed by atoms with Crippen LogP contribution in [-0.4, -0.2) is 23.2 Å². The zero-order valence-corrected chi connectivity index (χ0v) is 15.1. The zero-order valence-electron chi connectivity index (χ0n) is 15.1. The van der Waals surface area contributed by atoms with Crippen molar-refractivity contribution >= 4 is 6.02 Å². The third kappa shape index (κ3) is 2.24. The number of hydrogen-bond acceptors (Lipinski definition) is 6. The van der Waals surface area contributed by atoms with Crippen LogP contribution in [0.5, 0.6) is 5.75 Å². The van der Waals surface area contributed by atoms with Crippen molar-refractivity contribution in [1.29, 1.82) is 5.26 Å². The lowest BCUT2D eigenvalue weighted by molar-refractivity contribution is -0.0210. The highest BCUT2D eigenvalue weighted by atomic mass is 16.5. The molecule has 1 aromatic carbocycles. The van der Waals surface area contributed by atoms with Gasteiger partial charge in [0.25, 0.3) is 6.02 Å². The van der Waals surface area contributed by atoms with Gasteiger partial charge in [-0.05, 0) is 49.9 Å². The Hall–Kier alpha value is -3.07. The first-order valence-electron chi connectivity index (χ1n) is 9.21. The number of hydrogen-bond donors (Lipinski definition) is 1. The van der Waals surface area contributed by atoms with Crippen molar-refractivity contribution in [2.24, 2.45) is 16.6 Å². The molecule has 0 bridgehead atoms. The fourth-order valence-corrected chi connectivity index (χ4v) is 5.00. The Kier molecular flexibility index (Phi) is 3.26. The van der Waals surface area contributed by atoms with Gasteiger partial charge in [0.2, 0.25) is 0 Å². The Labute approximate surface area is 157 Å². The van der Waals surface area contributed by atoms with Crippen LogP contribution in [0.2, 0.25) is 0 Å². The van der Waals surface area contributed by atoms with E-state index in [4.69, 9.17) is 20.2 Å². The predicted molar refractivity (Wildman–Crippen MR) is 100 cm³/mol. The Morgan fingerprint density at radius 1 is 1.26 bits per heavy atom. The summed E-state index contributed by atoms with van der Waals surface area (Å²) >= 11 is 0. The van der Waals surface area contributed by atoms with E-state index in [0.29, 0.717) is 12.2 Å². The number of aliphatic imine (C=N–C) groups is 1. The molecule has 6 heteroatoms. The van der Waals surface area contributed by atoms with Gasteiger partial charge in [0.05, 0.1) is 5.56 Å². The first-order chi connectivity index (χ1) is 13.0. The molecular weight excluding hydrogens is 340 g/mol. The standard InChI is InChI=1S/C21H20N4O2/c1-20-6-2-3-18(20)21(12-26-19(23)25-21)16-8-14(4-5-17(16)27-20)15-7-13(9-22)10-24-11-15/h4-5,7-8,10-11,18H,2-3,6,12H2,1H3,(H2,23,25). The van der Waals surface area contributed by atoms with Crippen LogP contribution in [0.25, 0.3) is 11.1 Å². The summed E-state index contributed by atoms with van der Waals surface area (Å²) in [7, 11) is 0. The first kappa shape index (κ1) is 16.1. The van der Waals surface area contributed by atoms with Gasteiger partial charge in [0.15, 0.2) is 0 Å². The van der Waals surface area contributed by atoms with Crippen molar-refractivity contribution in [3.8, 4) is 22.9 Å². The van der Waals surface area contributed by atoms with Crippen LogP contribution in [0.1, 0.15) is 37.3 Å². The second-order valence-corrected chi connectivity index (χ2v) is 7.81. The third-order valence-electron chi connectivity index (χ3n) is 6.22. The summed E-state index contributed by atoms with van der Waals surface area (Å²) in [6.45, 7) is 2.61. The maximum Gasteiger partial charge on any atom is 0.283 e. The Balaban J connectivity index is 1.69. The van der Waals surface area contributed by atoms with Gasteiger partial charge in [0.1, 0.15) is 29.6 Å². The Morgan fingerprint density at radius 2 is 2.15 bits per heavy atom. The van der Waals surface area contributed by atoms with E-state index in [1.165, 1.54) is 0 Å². The predicted octanol–water partition coefficient (Wildman–Crippen LogP) is 3.11. The highest BCUT2D eigenvalue weighted by Gasteiger charge is 2.60. The number of rotatable bonds is 1. The van der Waals surface area contributed by atoms with Crippen LogP contribution in [0.4, 0.5) is 0 Å². The van der Waals surface area contributed by atoms with Gasteiger partial charge in [-0.15, -0.1) is 0 Å². The van der Waals surface area contributed by atoms with Crippen LogP contribution in [0, 0.1) is 17.2 Å². The van der Waals surface area contributed by atoms with Crippen LogP contribution in [0.15, 0.2) is 41.7 Å². The van der Waals surface area contributed by atoms with E-state index in [9.17, 15) is 5.26 Å². The fourth-order valence-electron chi connectivity index (χ4n) is 5.00. The summed E-state index contributed by atoms with van der Waals surface area (Å²) < 4.78 is 12.1. The summed E-state index contributed by atoms with van der Waals surface area (Å²) in [6.07, 6.45) is 6.47. The zero-order chi connectivity index (χ0) is 18.6. The molecule has 27 heavy (non-hydrogen) atoms. The van der Waals surface area contributed by atoms with Crippen molar-refractivity contribution in [2.45, 2.75) is 37.3 Å². The number of aromatic nitrogens is 1. The van der Waals surface area contributed by atoms with Crippen LogP contribution >= 0.6 is 0 Å². The number of nitriles is 1. The molecule has 3 aliphatic rings. The van der Waals surface area contributed by atoms with Crippen molar-refractivity contribution in [3.05, 3.63) is 47.8 Å². The van der Waals surface area contributed by atoms with Gasteiger partial charge in [-0.3, -0.25) is 4.98 Å². The molecule has 0 saturated heterocycles. The third-order valence-corrected chi connectivity index (χ3v) is 6.22. The molecule has 5 rings (SSSR count). The first-order valence-corrected chi connectivity index (χ1v) is 9.21. The average molecular weight is 360 g/mol. The van der Waals surface area contributed by atoms with E-state index < -0.39 is 5.54 Å². The monoisotopic (exact) mass is 360 g/mol. The van der Waals surface area contributed by atoms with Crippen LogP contribution in [-0.2, 0) is 10.3 Å². The van der Waals surface area contributed by atoms with Gasteiger partial charge < -0.3 is 15.2 Å². The van der Waals surface area contributed by atoms with Crippen LogP contribution < -0.4 is 10.5 Å². The molecule has 1 fully saturated rings. The van der Waals surface area contributed by atoms with Gasteiger partial charge >= 0.3 is 0 Å². The lowest BCUT2D eigenvalue weighted by atomic mass is 9.69. The van der Waals surface area contributed by atoms with E-state index in [2.05, 4.69) is 24.0 Å². The minimum absolute atomic E-state index is 0.220. The summed E-state index contributed by atoms with van der Waals surface area (Å²) in [5.74, 6) is 1.06. The second-order valence-electron chi connectivity index (χ2n) is 7.81. The highest BCUT2D eigenvalue weighted by molar-refractivity contribution is 5.75. The Bertz CT molecular complexity index is 1010. The molecule has 2 aliphatic heterocycles. The molecule has 0 amide bonds. The van der Waals surface area contributed by atoms with Crippen LogP contribution in [0.3, 0.4) is 0 Å². The summed E-state index contributed by atoms with van der Waals surface area (Å²) in [4.78, 5) is 8.98. The lowest BCUT2D eigenvalue weighted by Crippen LogP contribution is -2.52. The van der Waals surface area contributed by atoms with Gasteiger partial charge in [-0.2, -0.15) is 5.26 Å². The molecule has 1 saturated carbocycles. The SMILES string of the molecule is CC12CCCC1C1(COC(N)=N1)c1cc(-c3cncc(C#N)c3)ccc1O2. The quantitative estimate of drug-likeness (QED) is 0.843. The molecule has 1 spiro atoms. The maximum atomic E-state index is 9.17. The number of fused-ring (bicyclic) bond motifs is 4. The number of nitrogens with two attached hydrogens (primary N) is 1. The molecule has 2 aromatic rings. The largest absolute Gasteiger partial charge is 0.487 e. The normalized spacial score (nSPS) is 30.7. The number of benzene rings is 1. The van der Waals surface area contributed by atoms with E-state index in [-0.39, 0.29) is 17.5 Å². The molecule has 1 aromatic heterocycles. The molecule has 2 N–H and O–H groups in total. The molecule has 3 atom stereocenters. The summed E-state index contributed by atoms with van der Waals surface area (Å²) in [5, 5.41) is 9.17. The van der Waals surface area contributed by atoms with Crippen molar-refractivity contribution in [1.82, 2.24) is 4.98 Å². The van der Waals surface area contributed by atoms with Crippen molar-refractivity contribution in [3.63, 3.8) is 0 Å². The molecule has 3 unspecified atom stereocenters. The van der Waals surface area contributed by atoms with Gasteiger partial charge in [-0.25, -0.2) is 4.99 Å². The minimum Gasteiger partial charge on any atom is -0.487 e. The lowest BCUT2D eigenvalue weighted by Gasteiger charge is -2.47. The van der Waals surface area contributed by atoms with Crippen molar-refractivity contribution < 1.29 is 9.47 Å². The minimum atomic E-state index is -0.515. The summed E-state index contributed by atoms with van der Waals surface area (Å²) in [5.41, 5.74) is 8.59. The summed E-state index contributed by atoms with van der Waals surface area (Å²) in [6, 6.07) is 10.3. The van der Waals surface area contributed by atoms with Gasteiger partial charge in [-0.1, -0.05) is 6.07 Å².